The van der Waals surface area contributed by atoms with Gasteiger partial charge in [-0.25, -0.2) is 9.78 Å². The summed E-state index contributed by atoms with van der Waals surface area (Å²) in [6.07, 6.45) is 4.05. The van der Waals surface area contributed by atoms with E-state index in [9.17, 15) is 9.59 Å². The first-order valence-electron chi connectivity index (χ1n) is 8.48. The monoisotopic (exact) mass is 344 g/mol. The molecule has 0 unspecified atom stereocenters. The maximum atomic E-state index is 12.0. The third-order valence-corrected chi connectivity index (χ3v) is 4.60. The van der Waals surface area contributed by atoms with Crippen molar-refractivity contribution in [3.8, 4) is 0 Å². The first-order valence-corrected chi connectivity index (χ1v) is 8.48. The third-order valence-electron chi connectivity index (χ3n) is 4.60. The summed E-state index contributed by atoms with van der Waals surface area (Å²) in [5, 5.41) is 4.73. The zero-order chi connectivity index (χ0) is 17.8. The van der Waals surface area contributed by atoms with Gasteiger partial charge in [-0.3, -0.25) is 19.9 Å². The molecule has 0 aromatic carbocycles. The van der Waals surface area contributed by atoms with E-state index in [-0.39, 0.29) is 11.9 Å². The van der Waals surface area contributed by atoms with E-state index in [4.69, 9.17) is 0 Å². The van der Waals surface area contributed by atoms with Crippen molar-refractivity contribution in [2.75, 3.05) is 33.2 Å². The van der Waals surface area contributed by atoms with Gasteiger partial charge < -0.3 is 9.72 Å². The van der Waals surface area contributed by atoms with Crippen LogP contribution < -0.4 is 10.6 Å². The van der Waals surface area contributed by atoms with Gasteiger partial charge in [-0.05, 0) is 19.1 Å². The molecule has 2 aromatic heterocycles. The molecule has 3 amide bonds. The predicted molar refractivity (Wildman–Crippen MR) is 94.1 cm³/mol. The minimum Gasteiger partial charge on any atom is -0.341 e. The molecule has 3 heterocycles. The van der Waals surface area contributed by atoms with Crippen LogP contribution in [0.2, 0.25) is 0 Å². The smallest absolute Gasteiger partial charge is 0.321 e. The number of hydrogen-bond donors (Lipinski definition) is 2. The number of pyridine rings is 1. The summed E-state index contributed by atoms with van der Waals surface area (Å²) in [5.41, 5.74) is 2.00. The van der Waals surface area contributed by atoms with E-state index in [1.807, 2.05) is 35.7 Å². The number of amides is 3. The molecule has 2 aromatic rings. The van der Waals surface area contributed by atoms with Gasteiger partial charge in [-0.2, -0.15) is 0 Å². The highest BCUT2D eigenvalue weighted by molar-refractivity contribution is 5.96. The van der Waals surface area contributed by atoms with Gasteiger partial charge in [0.1, 0.15) is 5.65 Å². The Bertz CT molecular complexity index is 717. The van der Waals surface area contributed by atoms with Gasteiger partial charge >= 0.3 is 6.03 Å². The minimum atomic E-state index is -0.470. The van der Waals surface area contributed by atoms with Gasteiger partial charge in [-0.1, -0.05) is 6.07 Å². The highest BCUT2D eigenvalue weighted by Crippen LogP contribution is 2.11. The van der Waals surface area contributed by atoms with Crippen molar-refractivity contribution in [1.29, 1.82) is 0 Å². The number of aromatic nitrogens is 2. The highest BCUT2D eigenvalue weighted by atomic mass is 16.2. The lowest BCUT2D eigenvalue weighted by atomic mass is 10.2. The second-order valence-corrected chi connectivity index (χ2v) is 6.25. The third kappa shape index (κ3) is 4.15. The predicted octanol–water partition coefficient (Wildman–Crippen LogP) is 0.296. The van der Waals surface area contributed by atoms with Crippen LogP contribution in [0, 0.1) is 0 Å². The summed E-state index contributed by atoms with van der Waals surface area (Å²) in [4.78, 5) is 32.4. The van der Waals surface area contributed by atoms with Crippen LogP contribution in [0.4, 0.5) is 4.79 Å². The fourth-order valence-corrected chi connectivity index (χ4v) is 3.05. The molecule has 8 heteroatoms. The molecule has 134 valence electrons. The summed E-state index contributed by atoms with van der Waals surface area (Å²) in [5.74, 6) is -0.270. The van der Waals surface area contributed by atoms with E-state index in [1.165, 1.54) is 7.05 Å². The molecule has 1 aliphatic heterocycles. The van der Waals surface area contributed by atoms with Crippen molar-refractivity contribution in [2.24, 2.45) is 0 Å². The summed E-state index contributed by atoms with van der Waals surface area (Å²) in [7, 11) is 1.49. The number of hydrogen-bond acceptors (Lipinski definition) is 5. The first kappa shape index (κ1) is 17.4. The van der Waals surface area contributed by atoms with Gasteiger partial charge in [0.15, 0.2) is 0 Å². The van der Waals surface area contributed by atoms with Crippen LogP contribution >= 0.6 is 0 Å². The molecule has 0 radical (unpaired) electrons. The molecular weight excluding hydrogens is 320 g/mol. The van der Waals surface area contributed by atoms with Gasteiger partial charge in [0.05, 0.1) is 11.7 Å². The van der Waals surface area contributed by atoms with Gasteiger partial charge in [0.25, 0.3) is 0 Å². The van der Waals surface area contributed by atoms with Crippen molar-refractivity contribution < 1.29 is 9.59 Å². The van der Waals surface area contributed by atoms with E-state index in [2.05, 4.69) is 31.6 Å². The molecule has 0 bridgehead atoms. The number of fused-ring (bicyclic) bond motifs is 1. The van der Waals surface area contributed by atoms with Crippen LogP contribution in [0.1, 0.15) is 12.6 Å². The number of carbonyl (C=O) groups excluding carboxylic acids is 2. The standard InChI is InChI=1S/C17H24N6O2/c1-13(16(24)20-17(25)18-2)22-9-7-21(8-10-22)11-14-12-23-6-4-3-5-15(23)19-14/h3-6,12-13H,7-11H2,1-2H3,(H2,18,20,24,25)/t13-/m1/s1. The van der Waals surface area contributed by atoms with Gasteiger partial charge in [-0.15, -0.1) is 0 Å². The molecule has 0 saturated carbocycles. The summed E-state index contributed by atoms with van der Waals surface area (Å²) in [6, 6.07) is 5.17. The summed E-state index contributed by atoms with van der Waals surface area (Å²) in [6.45, 7) is 5.94. The number of piperazine rings is 1. The topological polar surface area (TPSA) is 82.0 Å². The van der Waals surface area contributed by atoms with Crippen LogP contribution in [0.25, 0.3) is 5.65 Å². The van der Waals surface area contributed by atoms with E-state index in [0.717, 1.165) is 44.1 Å². The molecule has 3 rings (SSSR count). The van der Waals surface area contributed by atoms with Crippen LogP contribution in [0.5, 0.6) is 0 Å². The summed E-state index contributed by atoms with van der Waals surface area (Å²) >= 11 is 0. The molecule has 2 N–H and O–H groups in total. The number of imidazole rings is 1. The number of imide groups is 1. The Morgan fingerprint density at radius 3 is 2.68 bits per heavy atom. The Morgan fingerprint density at radius 2 is 2.00 bits per heavy atom. The number of urea groups is 1. The Labute approximate surface area is 146 Å². The van der Waals surface area contributed by atoms with Crippen molar-refractivity contribution in [3.05, 3.63) is 36.3 Å². The van der Waals surface area contributed by atoms with Crippen LogP contribution in [-0.2, 0) is 11.3 Å². The van der Waals surface area contributed by atoms with E-state index >= 15 is 0 Å². The van der Waals surface area contributed by atoms with Crippen LogP contribution in [0.15, 0.2) is 30.6 Å². The second kappa shape index (κ2) is 7.62. The van der Waals surface area contributed by atoms with Crippen molar-refractivity contribution >= 4 is 17.6 Å². The van der Waals surface area contributed by atoms with Crippen LogP contribution in [-0.4, -0.2) is 70.4 Å². The Kier molecular flexibility index (Phi) is 5.30. The Morgan fingerprint density at radius 1 is 1.24 bits per heavy atom. The Balaban J connectivity index is 1.51. The molecule has 25 heavy (non-hydrogen) atoms. The minimum absolute atomic E-state index is 0.270. The lowest BCUT2D eigenvalue weighted by Gasteiger charge is -2.37. The van der Waals surface area contributed by atoms with E-state index in [1.54, 1.807) is 0 Å². The molecular formula is C17H24N6O2. The van der Waals surface area contributed by atoms with E-state index < -0.39 is 6.03 Å². The van der Waals surface area contributed by atoms with Crippen molar-refractivity contribution in [2.45, 2.75) is 19.5 Å². The first-order chi connectivity index (χ1) is 12.1. The second-order valence-electron chi connectivity index (χ2n) is 6.25. The molecule has 1 atom stereocenters. The van der Waals surface area contributed by atoms with E-state index in [0.29, 0.717) is 0 Å². The SMILES string of the molecule is CNC(=O)NC(=O)[C@@H](C)N1CCN(Cc2cn3ccccc3n2)CC1. The van der Waals surface area contributed by atoms with Crippen molar-refractivity contribution in [3.63, 3.8) is 0 Å². The lowest BCUT2D eigenvalue weighted by Crippen LogP contribution is -2.55. The number of nitrogens with zero attached hydrogens (tertiary/aromatic N) is 4. The van der Waals surface area contributed by atoms with Crippen LogP contribution in [0.3, 0.4) is 0 Å². The molecule has 1 saturated heterocycles. The Hall–Kier alpha value is -2.45. The zero-order valence-corrected chi connectivity index (χ0v) is 14.6. The number of nitrogens with one attached hydrogen (secondary N) is 2. The van der Waals surface area contributed by atoms with Gasteiger partial charge in [0, 0.05) is 52.2 Å². The number of carbonyl (C=O) groups is 2. The normalized spacial score (nSPS) is 17.4. The fraction of sp³-hybridized carbons (Fsp3) is 0.471. The summed E-state index contributed by atoms with van der Waals surface area (Å²) < 4.78 is 2.02. The number of rotatable bonds is 4. The molecule has 0 spiro atoms. The molecule has 1 aliphatic rings. The molecule has 1 fully saturated rings. The van der Waals surface area contributed by atoms with Gasteiger partial charge in [0.2, 0.25) is 5.91 Å². The lowest BCUT2D eigenvalue weighted by molar-refractivity contribution is -0.125. The average molecular weight is 344 g/mol. The fourth-order valence-electron chi connectivity index (χ4n) is 3.05. The highest BCUT2D eigenvalue weighted by Gasteiger charge is 2.26. The molecule has 8 nitrogen and oxygen atoms in total. The zero-order valence-electron chi connectivity index (χ0n) is 14.6. The molecule has 0 aliphatic carbocycles. The quantitative estimate of drug-likeness (QED) is 0.833. The maximum absolute atomic E-state index is 12.0. The average Bonchev–Trinajstić information content (AvgIpc) is 3.03. The van der Waals surface area contributed by atoms with Crippen molar-refractivity contribution in [1.82, 2.24) is 29.8 Å². The largest absolute Gasteiger partial charge is 0.341 e. The maximum Gasteiger partial charge on any atom is 0.321 e.